The number of unbranched alkanes of at least 4 members (excludes halogenated alkanes) is 1. The van der Waals surface area contributed by atoms with Crippen molar-refractivity contribution in [1.29, 1.82) is 0 Å². The Bertz CT molecular complexity index is 289. The van der Waals surface area contributed by atoms with Crippen LogP contribution in [0.1, 0.15) is 39.5 Å². The fourth-order valence-electron chi connectivity index (χ4n) is 1.37. The molecule has 0 N–H and O–H groups in total. The molecular weight excluding hydrogens is 223 g/mol. The van der Waals surface area contributed by atoms with Gasteiger partial charge in [0.15, 0.2) is 0 Å². The van der Waals surface area contributed by atoms with Gasteiger partial charge in [-0.1, -0.05) is 5.92 Å². The summed E-state index contributed by atoms with van der Waals surface area (Å²) in [6, 6.07) is 0. The summed E-state index contributed by atoms with van der Waals surface area (Å²) in [7, 11) is -2.84. The topological polar surface area (TPSA) is 35.5 Å². The van der Waals surface area contributed by atoms with Gasteiger partial charge < -0.3 is 9.05 Å². The summed E-state index contributed by atoms with van der Waals surface area (Å²) in [5.74, 6) is 6.95. The van der Waals surface area contributed by atoms with Gasteiger partial charge in [0.25, 0.3) is 0 Å². The zero-order valence-electron chi connectivity index (χ0n) is 10.2. The maximum atomic E-state index is 12.0. The van der Waals surface area contributed by atoms with Crippen molar-refractivity contribution >= 4 is 7.60 Å². The van der Waals surface area contributed by atoms with Crippen LogP contribution in [-0.2, 0) is 13.6 Å². The Morgan fingerprint density at radius 2 is 1.88 bits per heavy atom. The third-order valence-corrected chi connectivity index (χ3v) is 4.44. The van der Waals surface area contributed by atoms with Gasteiger partial charge in [0.05, 0.1) is 19.4 Å². The van der Waals surface area contributed by atoms with E-state index in [1.807, 2.05) is 13.8 Å². The number of hydrogen-bond acceptors (Lipinski definition) is 3. The molecule has 3 nitrogen and oxygen atoms in total. The van der Waals surface area contributed by atoms with E-state index in [0.717, 1.165) is 12.8 Å². The molecule has 0 heterocycles. The van der Waals surface area contributed by atoms with Crippen molar-refractivity contribution in [2.75, 3.05) is 19.4 Å². The number of hydrogen-bond donors (Lipinski definition) is 0. The highest BCUT2D eigenvalue weighted by molar-refractivity contribution is 7.53. The van der Waals surface area contributed by atoms with Gasteiger partial charge in [-0.3, -0.25) is 4.57 Å². The van der Waals surface area contributed by atoms with Gasteiger partial charge in [0.1, 0.15) is 0 Å². The van der Waals surface area contributed by atoms with Crippen molar-refractivity contribution in [3.63, 3.8) is 0 Å². The summed E-state index contributed by atoms with van der Waals surface area (Å²) in [6.07, 6.45) is 4.57. The number of rotatable bonds is 7. The van der Waals surface area contributed by atoms with Crippen molar-refractivity contribution in [1.82, 2.24) is 0 Å². The van der Waals surface area contributed by atoms with Crippen LogP contribution in [0.2, 0.25) is 0 Å². The van der Waals surface area contributed by atoms with Crippen LogP contribution in [0, 0.1) is 17.8 Å². The molecule has 4 heteroatoms. The van der Waals surface area contributed by atoms with Gasteiger partial charge in [0, 0.05) is 12.3 Å². The first-order valence-electron chi connectivity index (χ1n) is 6.06. The molecule has 0 bridgehead atoms. The van der Waals surface area contributed by atoms with E-state index in [9.17, 15) is 4.57 Å². The Hall–Kier alpha value is -0.290. The largest absolute Gasteiger partial charge is 0.330 e. The van der Waals surface area contributed by atoms with Crippen LogP contribution >= 0.6 is 7.60 Å². The standard InChI is InChI=1S/C12H21O3P/c1-3-14-16(13,15-4-2)11-7-5-6-8-12-9-10-12/h12H,3-5,7,9-11H2,1-2H3. The molecule has 1 fully saturated rings. The van der Waals surface area contributed by atoms with E-state index in [0.29, 0.717) is 25.3 Å². The van der Waals surface area contributed by atoms with Gasteiger partial charge in [-0.15, -0.1) is 5.92 Å². The Balaban J connectivity index is 2.21. The zero-order valence-corrected chi connectivity index (χ0v) is 11.1. The van der Waals surface area contributed by atoms with E-state index >= 15 is 0 Å². The highest BCUT2D eigenvalue weighted by Gasteiger charge is 2.22. The molecule has 0 aromatic heterocycles. The summed E-state index contributed by atoms with van der Waals surface area (Å²) in [5.41, 5.74) is 0. The minimum atomic E-state index is -2.84. The van der Waals surface area contributed by atoms with Crippen molar-refractivity contribution in [3.05, 3.63) is 0 Å². The molecule has 0 aromatic carbocycles. The van der Waals surface area contributed by atoms with E-state index in [1.165, 1.54) is 12.8 Å². The first-order chi connectivity index (χ1) is 7.70. The molecule has 1 aliphatic carbocycles. The van der Waals surface area contributed by atoms with Gasteiger partial charge in [-0.25, -0.2) is 0 Å². The van der Waals surface area contributed by atoms with Crippen molar-refractivity contribution in [2.45, 2.75) is 39.5 Å². The third-order valence-electron chi connectivity index (χ3n) is 2.27. The molecular formula is C12H21O3P. The highest BCUT2D eigenvalue weighted by Crippen LogP contribution is 2.48. The van der Waals surface area contributed by atoms with Crippen molar-refractivity contribution in [2.24, 2.45) is 5.92 Å². The molecule has 0 amide bonds. The van der Waals surface area contributed by atoms with Crippen LogP contribution in [0.15, 0.2) is 0 Å². The Morgan fingerprint density at radius 1 is 1.25 bits per heavy atom. The molecule has 92 valence electrons. The van der Waals surface area contributed by atoms with E-state index in [2.05, 4.69) is 11.8 Å². The second-order valence-corrected chi connectivity index (χ2v) is 6.05. The van der Waals surface area contributed by atoms with E-state index in [1.54, 1.807) is 0 Å². The Morgan fingerprint density at radius 3 is 2.38 bits per heavy atom. The lowest BCUT2D eigenvalue weighted by atomic mass is 10.3. The fourth-order valence-corrected chi connectivity index (χ4v) is 3.03. The molecule has 0 unspecified atom stereocenters. The van der Waals surface area contributed by atoms with E-state index in [-0.39, 0.29) is 0 Å². The summed E-state index contributed by atoms with van der Waals surface area (Å²) < 4.78 is 22.4. The maximum absolute atomic E-state index is 12.0. The van der Waals surface area contributed by atoms with Crippen molar-refractivity contribution < 1.29 is 13.6 Å². The van der Waals surface area contributed by atoms with Crippen LogP contribution in [-0.4, -0.2) is 19.4 Å². The second-order valence-electron chi connectivity index (χ2n) is 3.87. The summed E-state index contributed by atoms with van der Waals surface area (Å²) in [6.45, 7) is 4.53. The van der Waals surface area contributed by atoms with E-state index < -0.39 is 7.60 Å². The molecule has 0 radical (unpaired) electrons. The van der Waals surface area contributed by atoms with Gasteiger partial charge in [-0.05, 0) is 33.1 Å². The van der Waals surface area contributed by atoms with Crippen LogP contribution in [0.5, 0.6) is 0 Å². The minimum Gasteiger partial charge on any atom is -0.309 e. The molecule has 1 aliphatic rings. The zero-order chi connectivity index (χ0) is 11.9. The predicted octanol–water partition coefficient (Wildman–Crippen LogP) is 3.45. The lowest BCUT2D eigenvalue weighted by Crippen LogP contribution is -2.00. The first kappa shape index (κ1) is 13.8. The quantitative estimate of drug-likeness (QED) is 0.391. The van der Waals surface area contributed by atoms with Gasteiger partial charge in [-0.2, -0.15) is 0 Å². The Kier molecular flexibility index (Phi) is 6.13. The predicted molar refractivity (Wildman–Crippen MR) is 65.5 cm³/mol. The molecule has 0 aliphatic heterocycles. The highest BCUT2D eigenvalue weighted by atomic mass is 31.2. The van der Waals surface area contributed by atoms with Gasteiger partial charge >= 0.3 is 7.60 Å². The normalized spacial score (nSPS) is 15.6. The molecule has 0 aromatic rings. The molecule has 0 saturated heterocycles. The monoisotopic (exact) mass is 244 g/mol. The molecule has 1 saturated carbocycles. The first-order valence-corrected chi connectivity index (χ1v) is 7.79. The smallest absolute Gasteiger partial charge is 0.309 e. The molecule has 16 heavy (non-hydrogen) atoms. The van der Waals surface area contributed by atoms with Crippen LogP contribution in [0.4, 0.5) is 0 Å². The summed E-state index contributed by atoms with van der Waals surface area (Å²) in [5, 5.41) is 0. The van der Waals surface area contributed by atoms with E-state index in [4.69, 9.17) is 9.05 Å². The SMILES string of the molecule is CCOP(=O)(CCCC#CC1CC1)OCC. The fraction of sp³-hybridized carbons (Fsp3) is 0.833. The average molecular weight is 244 g/mol. The van der Waals surface area contributed by atoms with Crippen LogP contribution in [0.3, 0.4) is 0 Å². The Labute approximate surface area is 98.4 Å². The lowest BCUT2D eigenvalue weighted by molar-refractivity contribution is 0.220. The molecule has 0 atom stereocenters. The van der Waals surface area contributed by atoms with Crippen molar-refractivity contribution in [3.8, 4) is 11.8 Å². The minimum absolute atomic E-state index is 0.436. The lowest BCUT2D eigenvalue weighted by Gasteiger charge is -2.15. The summed E-state index contributed by atoms with van der Waals surface area (Å²) in [4.78, 5) is 0. The molecule has 0 spiro atoms. The maximum Gasteiger partial charge on any atom is 0.330 e. The van der Waals surface area contributed by atoms with Gasteiger partial charge in [0.2, 0.25) is 0 Å². The molecule has 1 rings (SSSR count). The summed E-state index contributed by atoms with van der Waals surface area (Å²) >= 11 is 0. The second kappa shape index (κ2) is 7.12. The van der Waals surface area contributed by atoms with Crippen LogP contribution < -0.4 is 0 Å². The third kappa shape index (κ3) is 5.70. The average Bonchev–Trinajstić information content (AvgIpc) is 3.02. The van der Waals surface area contributed by atoms with Crippen LogP contribution in [0.25, 0.3) is 0 Å².